The van der Waals surface area contributed by atoms with E-state index in [0.29, 0.717) is 25.9 Å². The number of sulfone groups is 1. The number of carbonyl (C=O) groups is 1. The standard InChI is InChI=1S/C18H21ClN2O4S/c1-25-10-12-8-13(26(23,24)16-5-3-2-4-15(16)19)9-14(12)17(22)21-18(11-20)6-7-18/h2-5,12-14H,6-10H2,1H3,(H,21,22)/t12-,13?,14+/m0/s1. The van der Waals surface area contributed by atoms with Gasteiger partial charge in [-0.25, -0.2) is 8.42 Å². The van der Waals surface area contributed by atoms with Gasteiger partial charge < -0.3 is 10.1 Å². The lowest BCUT2D eigenvalue weighted by Gasteiger charge is -2.19. The first-order valence-electron chi connectivity index (χ1n) is 8.53. The van der Waals surface area contributed by atoms with Gasteiger partial charge in [0, 0.05) is 19.6 Å². The minimum absolute atomic E-state index is 0.0968. The number of carbonyl (C=O) groups excluding carboxylic acids is 1. The Balaban J connectivity index is 1.82. The molecule has 1 unspecified atom stereocenters. The topological polar surface area (TPSA) is 96.3 Å². The Kier molecular flexibility index (Phi) is 5.29. The molecule has 1 amide bonds. The van der Waals surface area contributed by atoms with Crippen LogP contribution in [0.25, 0.3) is 0 Å². The first kappa shape index (κ1) is 19.2. The Bertz CT molecular complexity index is 845. The number of nitrogens with one attached hydrogen (secondary N) is 1. The number of rotatable bonds is 6. The van der Waals surface area contributed by atoms with E-state index in [1.807, 2.05) is 0 Å². The molecule has 6 nitrogen and oxygen atoms in total. The van der Waals surface area contributed by atoms with Gasteiger partial charge in [-0.1, -0.05) is 23.7 Å². The van der Waals surface area contributed by atoms with Crippen LogP contribution in [-0.2, 0) is 19.4 Å². The second-order valence-corrected chi connectivity index (χ2v) is 9.68. The van der Waals surface area contributed by atoms with Crippen LogP contribution in [-0.4, -0.2) is 38.8 Å². The molecule has 3 atom stereocenters. The maximum atomic E-state index is 13.0. The summed E-state index contributed by atoms with van der Waals surface area (Å²) in [6, 6.07) is 8.48. The van der Waals surface area contributed by atoms with Gasteiger partial charge in [0.15, 0.2) is 9.84 Å². The van der Waals surface area contributed by atoms with Gasteiger partial charge in [-0.2, -0.15) is 5.26 Å². The average molecular weight is 397 g/mol. The molecule has 26 heavy (non-hydrogen) atoms. The van der Waals surface area contributed by atoms with Crippen LogP contribution in [0.4, 0.5) is 0 Å². The molecule has 0 aliphatic heterocycles. The molecule has 0 heterocycles. The highest BCUT2D eigenvalue weighted by molar-refractivity contribution is 7.92. The van der Waals surface area contributed by atoms with E-state index in [4.69, 9.17) is 16.3 Å². The number of hydrogen-bond donors (Lipinski definition) is 1. The smallest absolute Gasteiger partial charge is 0.224 e. The molecule has 2 aliphatic carbocycles. The molecule has 2 aliphatic rings. The fraction of sp³-hybridized carbons (Fsp3) is 0.556. The van der Waals surface area contributed by atoms with Crippen LogP contribution in [0.5, 0.6) is 0 Å². The van der Waals surface area contributed by atoms with E-state index in [1.54, 1.807) is 18.2 Å². The van der Waals surface area contributed by atoms with Gasteiger partial charge in [-0.15, -0.1) is 0 Å². The summed E-state index contributed by atoms with van der Waals surface area (Å²) >= 11 is 6.08. The second-order valence-electron chi connectivity index (χ2n) is 7.07. The number of ether oxygens (including phenoxy) is 1. The highest BCUT2D eigenvalue weighted by atomic mass is 35.5. The van der Waals surface area contributed by atoms with Crippen molar-refractivity contribution in [2.45, 2.75) is 41.4 Å². The molecule has 0 spiro atoms. The predicted octanol–water partition coefficient (Wildman–Crippen LogP) is 2.33. The summed E-state index contributed by atoms with van der Waals surface area (Å²) in [6.45, 7) is 0.298. The average Bonchev–Trinajstić information content (AvgIpc) is 3.24. The van der Waals surface area contributed by atoms with Crippen LogP contribution >= 0.6 is 11.6 Å². The van der Waals surface area contributed by atoms with Gasteiger partial charge in [-0.3, -0.25) is 4.79 Å². The molecule has 2 fully saturated rings. The van der Waals surface area contributed by atoms with E-state index >= 15 is 0 Å². The molecule has 1 aromatic carbocycles. The third-order valence-electron chi connectivity index (χ3n) is 5.28. The summed E-state index contributed by atoms with van der Waals surface area (Å²) in [4.78, 5) is 12.8. The van der Waals surface area contributed by atoms with Crippen molar-refractivity contribution in [3.63, 3.8) is 0 Å². The minimum atomic E-state index is -3.65. The SMILES string of the molecule is COC[C@@H]1CC(S(=O)(=O)c2ccccc2Cl)C[C@H]1C(=O)NC1(C#N)CC1. The molecule has 0 radical (unpaired) electrons. The monoisotopic (exact) mass is 396 g/mol. The number of benzene rings is 1. The quantitative estimate of drug-likeness (QED) is 0.795. The van der Waals surface area contributed by atoms with Crippen molar-refractivity contribution in [1.82, 2.24) is 5.32 Å². The van der Waals surface area contributed by atoms with Crippen molar-refractivity contribution in [2.24, 2.45) is 11.8 Å². The Morgan fingerprint density at radius 1 is 1.38 bits per heavy atom. The van der Waals surface area contributed by atoms with E-state index in [-0.39, 0.29) is 28.2 Å². The summed E-state index contributed by atoms with van der Waals surface area (Å²) in [6.07, 6.45) is 1.81. The Labute approximate surface area is 158 Å². The molecular formula is C18H21ClN2O4S. The van der Waals surface area contributed by atoms with Gasteiger partial charge >= 0.3 is 0 Å². The van der Waals surface area contributed by atoms with Gasteiger partial charge in [-0.05, 0) is 43.7 Å². The van der Waals surface area contributed by atoms with Crippen LogP contribution in [0, 0.1) is 23.2 Å². The summed E-state index contributed by atoms with van der Waals surface area (Å²) < 4.78 is 31.2. The lowest BCUT2D eigenvalue weighted by Crippen LogP contribution is -2.41. The van der Waals surface area contributed by atoms with Crippen molar-refractivity contribution >= 4 is 27.3 Å². The number of halogens is 1. The molecule has 2 saturated carbocycles. The molecule has 0 bridgehead atoms. The highest BCUT2D eigenvalue weighted by Crippen LogP contribution is 2.41. The zero-order valence-electron chi connectivity index (χ0n) is 14.4. The maximum absolute atomic E-state index is 13.0. The number of nitrogens with zero attached hydrogens (tertiary/aromatic N) is 1. The molecule has 0 aromatic heterocycles. The van der Waals surface area contributed by atoms with Crippen molar-refractivity contribution in [3.05, 3.63) is 29.3 Å². The molecule has 140 valence electrons. The van der Waals surface area contributed by atoms with Crippen LogP contribution in [0.15, 0.2) is 29.2 Å². The molecule has 1 aromatic rings. The fourth-order valence-corrected chi connectivity index (χ4v) is 6.01. The minimum Gasteiger partial charge on any atom is -0.384 e. The van der Waals surface area contributed by atoms with Crippen LogP contribution < -0.4 is 5.32 Å². The number of methoxy groups -OCH3 is 1. The zero-order chi connectivity index (χ0) is 18.9. The zero-order valence-corrected chi connectivity index (χ0v) is 16.0. The Morgan fingerprint density at radius 3 is 2.65 bits per heavy atom. The van der Waals surface area contributed by atoms with E-state index in [1.165, 1.54) is 13.2 Å². The number of nitriles is 1. The lowest BCUT2D eigenvalue weighted by atomic mass is 9.95. The van der Waals surface area contributed by atoms with Crippen molar-refractivity contribution in [1.29, 1.82) is 5.26 Å². The molecule has 8 heteroatoms. The van der Waals surface area contributed by atoms with E-state index in [2.05, 4.69) is 11.4 Å². The Morgan fingerprint density at radius 2 is 2.08 bits per heavy atom. The summed E-state index contributed by atoms with van der Waals surface area (Å²) in [5.74, 6) is -0.970. The number of hydrogen-bond acceptors (Lipinski definition) is 5. The normalized spacial score (nSPS) is 26.9. The van der Waals surface area contributed by atoms with Crippen molar-refractivity contribution in [3.8, 4) is 6.07 Å². The third-order valence-corrected chi connectivity index (χ3v) is 7.95. The van der Waals surface area contributed by atoms with Gasteiger partial charge in [0.2, 0.25) is 5.91 Å². The van der Waals surface area contributed by atoms with Crippen LogP contribution in [0.2, 0.25) is 5.02 Å². The third kappa shape index (κ3) is 3.59. The highest BCUT2D eigenvalue weighted by Gasteiger charge is 2.49. The van der Waals surface area contributed by atoms with Gasteiger partial charge in [0.25, 0.3) is 0 Å². The molecule has 0 saturated heterocycles. The largest absolute Gasteiger partial charge is 0.384 e. The molecule has 3 rings (SSSR count). The van der Waals surface area contributed by atoms with Crippen molar-refractivity contribution in [2.75, 3.05) is 13.7 Å². The van der Waals surface area contributed by atoms with E-state index < -0.39 is 26.5 Å². The van der Waals surface area contributed by atoms with Crippen molar-refractivity contribution < 1.29 is 17.9 Å². The van der Waals surface area contributed by atoms with Crippen LogP contribution in [0.1, 0.15) is 25.7 Å². The van der Waals surface area contributed by atoms with Gasteiger partial charge in [0.1, 0.15) is 5.54 Å². The predicted molar refractivity (Wildman–Crippen MR) is 96.2 cm³/mol. The Hall–Kier alpha value is -1.62. The molecule has 1 N–H and O–H groups in total. The van der Waals surface area contributed by atoms with E-state index in [0.717, 1.165) is 0 Å². The van der Waals surface area contributed by atoms with Gasteiger partial charge in [0.05, 0.1) is 21.2 Å². The summed E-state index contributed by atoms with van der Waals surface area (Å²) in [5, 5.41) is 11.5. The maximum Gasteiger partial charge on any atom is 0.224 e. The molecular weight excluding hydrogens is 376 g/mol. The number of amides is 1. The summed E-state index contributed by atoms with van der Waals surface area (Å²) in [5.41, 5.74) is -0.769. The first-order chi connectivity index (χ1) is 12.3. The second kappa shape index (κ2) is 7.18. The lowest BCUT2D eigenvalue weighted by molar-refractivity contribution is -0.127. The van der Waals surface area contributed by atoms with E-state index in [9.17, 15) is 18.5 Å². The van der Waals surface area contributed by atoms with Crippen LogP contribution in [0.3, 0.4) is 0 Å². The summed E-state index contributed by atoms with van der Waals surface area (Å²) in [7, 11) is -2.12. The fourth-order valence-electron chi connectivity index (χ4n) is 3.62. The first-order valence-corrected chi connectivity index (χ1v) is 10.5.